The van der Waals surface area contributed by atoms with Gasteiger partial charge in [-0.05, 0) is 93.1 Å². The second kappa shape index (κ2) is 21.0. The van der Waals surface area contributed by atoms with Crippen LogP contribution < -0.4 is 16.0 Å². The molecule has 4 atom stereocenters. The molecule has 1 aromatic carbocycles. The van der Waals surface area contributed by atoms with Crippen LogP contribution in [0, 0.1) is 23.2 Å². The van der Waals surface area contributed by atoms with Gasteiger partial charge in [0.05, 0.1) is 18.0 Å². The summed E-state index contributed by atoms with van der Waals surface area (Å²) in [6.45, 7) is 22.0. The van der Waals surface area contributed by atoms with Crippen LogP contribution in [0.25, 0.3) is 0 Å². The number of nitrogens with zero attached hydrogens (tertiary/aromatic N) is 7. The molecular weight excluding hydrogens is 707 g/mol. The van der Waals surface area contributed by atoms with Crippen molar-refractivity contribution in [1.29, 1.82) is 5.26 Å². The van der Waals surface area contributed by atoms with E-state index in [9.17, 15) is 19.6 Å². The standard InChI is InChI=1S/C40H57N11O3.C2H6/c1-7-32-29(5)36(32)51(21-16-41)35(52)26-43-17-15-40(39-45-47-48-46-39)33(13-10-28(4)37(53)44-20-22-49(6)8-2)27(3)9-11-30-25-31(12-14-34(30)40)38(54)50-23-18-42-19-24-50;1-2/h10,12-14,25,29,32,36,42-43H,4,7-9,11,15,17-24,26H2,1-3,5-6H3,(H,44,53)(H,45,46,47,48);1-2H3/b13-10-;/t29-,32?,36?,40?;/m0./s1. The van der Waals surface area contributed by atoms with Gasteiger partial charge in [0.1, 0.15) is 6.54 Å². The van der Waals surface area contributed by atoms with Gasteiger partial charge in [-0.2, -0.15) is 10.5 Å². The zero-order valence-corrected chi connectivity index (χ0v) is 34.6. The van der Waals surface area contributed by atoms with Gasteiger partial charge >= 0.3 is 0 Å². The Morgan fingerprint density at radius 2 is 1.91 bits per heavy atom. The molecule has 1 saturated heterocycles. The van der Waals surface area contributed by atoms with Gasteiger partial charge in [-0.1, -0.05) is 70.5 Å². The lowest BCUT2D eigenvalue weighted by atomic mass is 9.68. The smallest absolute Gasteiger partial charge is 0.253 e. The molecule has 0 radical (unpaired) electrons. The largest absolute Gasteiger partial charge is 0.351 e. The average molecular weight is 770 g/mol. The number of tetrazole rings is 1. The fraction of sp³-hybridized carbons (Fsp3) is 0.595. The first kappa shape index (κ1) is 44.0. The van der Waals surface area contributed by atoms with E-state index in [-0.39, 0.29) is 36.9 Å². The number of nitriles is 1. The number of aromatic amines is 1. The number of carbonyl (C=O) groups excluding carboxylic acids is 3. The Hall–Kier alpha value is -4.71. The molecule has 3 amide bonds. The van der Waals surface area contributed by atoms with E-state index in [0.717, 1.165) is 54.9 Å². The van der Waals surface area contributed by atoms with E-state index < -0.39 is 5.41 Å². The first-order chi connectivity index (χ1) is 27.1. The number of hydrogen-bond donors (Lipinski definition) is 4. The lowest BCUT2D eigenvalue weighted by molar-refractivity contribution is -0.130. The Bertz CT molecular complexity index is 1760. The summed E-state index contributed by atoms with van der Waals surface area (Å²) < 4.78 is 0. The third-order valence-electron chi connectivity index (χ3n) is 11.6. The third-order valence-corrected chi connectivity index (χ3v) is 11.6. The number of fused-ring (bicyclic) bond motifs is 1. The normalized spacial score (nSPS) is 21.8. The number of hydrogen-bond acceptors (Lipinski definition) is 10. The highest BCUT2D eigenvalue weighted by atomic mass is 16.2. The topological polar surface area (TPSA) is 175 Å². The molecule has 1 aromatic heterocycles. The van der Waals surface area contributed by atoms with Crippen molar-refractivity contribution < 1.29 is 14.4 Å². The summed E-state index contributed by atoms with van der Waals surface area (Å²) in [5.41, 5.74) is 3.91. The molecule has 3 unspecified atom stereocenters. The monoisotopic (exact) mass is 770 g/mol. The molecule has 2 heterocycles. The summed E-state index contributed by atoms with van der Waals surface area (Å²) in [5, 5.41) is 35.0. The van der Waals surface area contributed by atoms with Gasteiger partial charge in [0.15, 0.2) is 5.82 Å². The van der Waals surface area contributed by atoms with E-state index in [2.05, 4.69) is 81.8 Å². The highest BCUT2D eigenvalue weighted by Gasteiger charge is 2.50. The predicted molar refractivity (Wildman–Crippen MR) is 219 cm³/mol. The average Bonchev–Trinajstić information content (AvgIpc) is 3.58. The molecule has 4 N–H and O–H groups in total. The Kier molecular flexibility index (Phi) is 16.5. The van der Waals surface area contributed by atoms with Gasteiger partial charge in [0.25, 0.3) is 11.8 Å². The lowest BCUT2D eigenvalue weighted by Crippen LogP contribution is -2.46. The van der Waals surface area contributed by atoms with Crippen LogP contribution in [0.15, 0.2) is 53.6 Å². The van der Waals surface area contributed by atoms with Gasteiger partial charge in [-0.3, -0.25) is 14.4 Å². The van der Waals surface area contributed by atoms with E-state index in [0.29, 0.717) is 74.2 Å². The molecule has 2 fully saturated rings. The van der Waals surface area contributed by atoms with Gasteiger partial charge < -0.3 is 30.7 Å². The number of piperazine rings is 1. The Labute approximate surface area is 333 Å². The number of rotatable bonds is 17. The van der Waals surface area contributed by atoms with E-state index in [1.807, 2.05) is 50.1 Å². The third kappa shape index (κ3) is 10.2. The van der Waals surface area contributed by atoms with Crippen molar-refractivity contribution in [3.63, 3.8) is 0 Å². The van der Waals surface area contributed by atoms with Crippen LogP contribution in [-0.4, -0.2) is 132 Å². The van der Waals surface area contributed by atoms with Crippen molar-refractivity contribution in [3.8, 4) is 6.07 Å². The number of aromatic nitrogens is 4. The predicted octanol–water partition coefficient (Wildman–Crippen LogP) is 3.38. The molecule has 1 saturated carbocycles. The van der Waals surface area contributed by atoms with Crippen LogP contribution in [-0.2, 0) is 21.4 Å². The Balaban J connectivity index is 0.00000342. The van der Waals surface area contributed by atoms with E-state index in [4.69, 9.17) is 0 Å². The summed E-state index contributed by atoms with van der Waals surface area (Å²) in [6, 6.07) is 8.17. The number of aryl methyl sites for hydroxylation is 1. The fourth-order valence-electron chi connectivity index (χ4n) is 8.17. The van der Waals surface area contributed by atoms with Crippen LogP contribution in [0.2, 0.25) is 0 Å². The van der Waals surface area contributed by atoms with Gasteiger partial charge in [-0.25, -0.2) is 0 Å². The molecule has 14 nitrogen and oxygen atoms in total. The van der Waals surface area contributed by atoms with Gasteiger partial charge in [0.2, 0.25) is 5.91 Å². The summed E-state index contributed by atoms with van der Waals surface area (Å²) in [6.07, 6.45) is 6.48. The van der Waals surface area contributed by atoms with E-state index >= 15 is 0 Å². The van der Waals surface area contributed by atoms with Crippen LogP contribution in [0.3, 0.4) is 0 Å². The molecule has 1 aliphatic heterocycles. The van der Waals surface area contributed by atoms with Crippen molar-refractivity contribution in [2.75, 3.05) is 72.5 Å². The first-order valence-electron chi connectivity index (χ1n) is 20.4. The number of carbonyl (C=O) groups is 3. The molecule has 3 aliphatic rings. The van der Waals surface area contributed by atoms with E-state index in [1.54, 1.807) is 11.0 Å². The second-order valence-electron chi connectivity index (χ2n) is 14.8. The molecule has 304 valence electrons. The molecule has 0 spiro atoms. The minimum absolute atomic E-state index is 0.00310. The van der Waals surface area contributed by atoms with Crippen LogP contribution in [0.4, 0.5) is 0 Å². The first-order valence-corrected chi connectivity index (χ1v) is 20.4. The quantitative estimate of drug-likeness (QED) is 0.0809. The maximum Gasteiger partial charge on any atom is 0.253 e. The number of allylic oxidation sites excluding steroid dienone is 3. The number of benzene rings is 1. The van der Waals surface area contributed by atoms with Crippen molar-refractivity contribution in [2.24, 2.45) is 11.8 Å². The number of likely N-dealkylation sites (N-methyl/N-ethyl adjacent to an activating group) is 1. The molecule has 5 rings (SSSR count). The molecule has 56 heavy (non-hydrogen) atoms. The Morgan fingerprint density at radius 3 is 2.55 bits per heavy atom. The molecular formula is C42H63N11O3. The van der Waals surface area contributed by atoms with Crippen molar-refractivity contribution >= 4 is 17.7 Å². The second-order valence-corrected chi connectivity index (χ2v) is 14.8. The summed E-state index contributed by atoms with van der Waals surface area (Å²) in [7, 11) is 2.00. The molecule has 0 bridgehead atoms. The lowest BCUT2D eigenvalue weighted by Gasteiger charge is -2.35. The minimum Gasteiger partial charge on any atom is -0.351 e. The SMILES string of the molecule is C=C(/C=C\C1=C(C)CCc2cc(C(=O)N3CCNCC3)ccc2C1(CCNCC(=O)N(CC#N)C1C(CC)[C@@H]1C)c1nn[nH]n1)C(=O)NCCN(C)CC.CC. The highest BCUT2D eigenvalue weighted by Crippen LogP contribution is 2.47. The van der Waals surface area contributed by atoms with Gasteiger partial charge in [0, 0.05) is 56.4 Å². The Morgan fingerprint density at radius 1 is 1.16 bits per heavy atom. The van der Waals surface area contributed by atoms with Crippen LogP contribution in [0.1, 0.15) is 88.1 Å². The maximum atomic E-state index is 13.7. The fourth-order valence-corrected chi connectivity index (χ4v) is 8.17. The number of nitrogens with one attached hydrogen (secondary N) is 4. The molecule has 14 heteroatoms. The molecule has 2 aliphatic carbocycles. The van der Waals surface area contributed by atoms with Crippen molar-refractivity contribution in [2.45, 2.75) is 78.7 Å². The zero-order chi connectivity index (χ0) is 40.8. The minimum atomic E-state index is -0.961. The zero-order valence-electron chi connectivity index (χ0n) is 34.6. The van der Waals surface area contributed by atoms with Crippen molar-refractivity contribution in [1.82, 2.24) is 51.3 Å². The summed E-state index contributed by atoms with van der Waals surface area (Å²) in [4.78, 5) is 46.0. The molecule has 2 aromatic rings. The highest BCUT2D eigenvalue weighted by molar-refractivity contribution is 5.96. The van der Waals surface area contributed by atoms with Crippen LogP contribution >= 0.6 is 0 Å². The van der Waals surface area contributed by atoms with Crippen molar-refractivity contribution in [3.05, 3.63) is 76.2 Å². The number of H-pyrrole nitrogens is 1. The van der Waals surface area contributed by atoms with Gasteiger partial charge in [-0.15, -0.1) is 10.2 Å². The maximum absolute atomic E-state index is 13.7. The summed E-state index contributed by atoms with van der Waals surface area (Å²) >= 11 is 0. The van der Waals surface area contributed by atoms with E-state index in [1.165, 1.54) is 0 Å². The van der Waals surface area contributed by atoms with Crippen LogP contribution in [0.5, 0.6) is 0 Å². The number of amides is 3. The summed E-state index contributed by atoms with van der Waals surface area (Å²) in [5.74, 6) is 0.878.